The highest BCUT2D eigenvalue weighted by atomic mass is 19.4. The Hall–Kier alpha value is -16.3. The van der Waals surface area contributed by atoms with Crippen LogP contribution in [-0.2, 0) is 82.6 Å². The zero-order valence-electron chi connectivity index (χ0n) is 81.6. The molecule has 0 aliphatic carbocycles. The molecule has 4 saturated heterocycles. The summed E-state index contributed by atoms with van der Waals surface area (Å²) in [5.41, 5.74) is 4.49. The summed E-state index contributed by atoms with van der Waals surface area (Å²) in [6.45, 7) is 7.52. The van der Waals surface area contributed by atoms with E-state index in [-0.39, 0.29) is 133 Å². The van der Waals surface area contributed by atoms with Crippen LogP contribution >= 0.6 is 0 Å². The van der Waals surface area contributed by atoms with Crippen LogP contribution in [0, 0.1) is 0 Å². The maximum Gasteiger partial charge on any atom is 0.419 e. The summed E-state index contributed by atoms with van der Waals surface area (Å²) in [7, 11) is 5.78. The smallest absolute Gasteiger partial charge is 0.419 e. The molecule has 8 aromatic carbocycles. The molecule has 0 atom stereocenters. The number of imidazole rings is 1. The number of nitrogens with zero attached hydrogens (tertiary/aromatic N) is 14. The standard InChI is InChI=1S/C28H27F3N6O2.C27H26F3N5O3.C27H27F3N4O3.C25H25F3N4O3/c1-39-25-16-20(26(38)36-13-4-5-14-36)9-11-23(25)35-27-33-17-21(28(29,30)31)22(34-27)10-8-19-6-2-3-7-24(19)37-15-12-32-18-37;1-38-22-13-17(25(37)35-11-2-3-12-35)8-10-21(22)34-26-32-15-19(27(28,29)30)20(33-26)9-7-16-5-4-6-18-14-31-24(36)23(16)18;1-17(35)20-8-4-3-7-18(20)9-11-22-21(27(28,29)30)16-31-26(32-22)33-23-12-10-19(15-24(23)37-2)25(36)34-13-5-6-14-34;1-35-22-14-17(23(34)32-12-4-5-13-32)9-11-20(22)31-24-29-15-18(25(26,27)28)19(30-24)10-8-16-6-2-3-7-21(16)33/h2-3,6-7,9,11-12,15-18H,4-5,8,10,13-14H2,1H3,(H,33,34,35);4-6,8,10,13,15H,2-3,7,9,11-12,14H2,1H3,(H,31,36)(H,32,33,34);3-4,7-8,10,12,15-16H,5-6,9,11,13-14H2,1-2H3,(H,31,32,33);2-3,6-7,9,11,14-15,33H,4-5,8,10,12-13H2,1H3,(H,29,30,31). The van der Waals surface area contributed by atoms with Crippen molar-refractivity contribution in [2.75, 3.05) is 102 Å². The number of carbonyl (C=O) groups is 6. The molecule has 0 bridgehead atoms. The molecule has 6 N–H and O–H groups in total. The molecule has 5 aliphatic rings. The number of ether oxygens (including phenoxy) is 4. The van der Waals surface area contributed by atoms with E-state index in [4.69, 9.17) is 18.9 Å². The van der Waals surface area contributed by atoms with Crippen molar-refractivity contribution in [3.63, 3.8) is 0 Å². The monoisotopic (exact) mass is 2060 g/mol. The first kappa shape index (κ1) is 107. The molecule has 5 aromatic heterocycles. The van der Waals surface area contributed by atoms with Gasteiger partial charge in [-0.2, -0.15) is 52.7 Å². The number of anilines is 8. The van der Waals surface area contributed by atoms with E-state index in [1.807, 2.05) is 34.9 Å². The molecular weight excluding hydrogens is 1960 g/mol. The number of benzene rings is 8. The Morgan fingerprint density at radius 2 is 0.685 bits per heavy atom. The molecule has 42 heteroatoms. The predicted molar refractivity (Wildman–Crippen MR) is 529 cm³/mol. The zero-order chi connectivity index (χ0) is 106. The normalized spacial score (nSPS) is 13.9. The van der Waals surface area contributed by atoms with E-state index in [2.05, 4.69) is 71.4 Å². The minimum absolute atomic E-state index is 0.00202. The van der Waals surface area contributed by atoms with Crippen molar-refractivity contribution in [3.05, 3.63) is 314 Å². The molecule has 778 valence electrons. The number of alkyl halides is 12. The summed E-state index contributed by atoms with van der Waals surface area (Å²) in [5.74, 6) is 0.521. The van der Waals surface area contributed by atoms with Crippen LogP contribution in [0.25, 0.3) is 5.69 Å². The van der Waals surface area contributed by atoms with E-state index in [0.717, 1.165) is 106 Å². The number of phenolic OH excluding ortho intramolecular Hbond substituents is 1. The highest BCUT2D eigenvalue weighted by Gasteiger charge is 2.40. The number of phenols is 1. The number of hydrogen-bond acceptors (Lipinski definition) is 24. The highest BCUT2D eigenvalue weighted by Crippen LogP contribution is 2.42. The number of ketones is 1. The number of aromatic hydroxyl groups is 1. The Balaban J connectivity index is 0.000000149. The first-order valence-corrected chi connectivity index (χ1v) is 48.0. The molecule has 0 saturated carbocycles. The average molecular weight is 2060 g/mol. The second-order valence-corrected chi connectivity index (χ2v) is 35.4. The first-order chi connectivity index (χ1) is 71.5. The van der Waals surface area contributed by atoms with Gasteiger partial charge >= 0.3 is 24.7 Å². The topological polar surface area (TPSA) is 354 Å². The van der Waals surface area contributed by atoms with Gasteiger partial charge in [0.1, 0.15) is 28.7 Å². The van der Waals surface area contributed by atoms with E-state index in [1.165, 1.54) is 41.4 Å². The molecule has 5 aliphatic heterocycles. The minimum atomic E-state index is -4.64. The third kappa shape index (κ3) is 26.9. The molecule has 0 radical (unpaired) electrons. The largest absolute Gasteiger partial charge is 0.508 e. The number of aromatic nitrogens is 10. The zero-order valence-corrected chi connectivity index (χ0v) is 81.6. The second-order valence-electron chi connectivity index (χ2n) is 35.4. The van der Waals surface area contributed by atoms with E-state index < -0.39 is 47.0 Å². The lowest BCUT2D eigenvalue weighted by atomic mass is 9.97. The van der Waals surface area contributed by atoms with Crippen LogP contribution in [0.3, 0.4) is 0 Å². The van der Waals surface area contributed by atoms with Gasteiger partial charge in [-0.15, -0.1) is 0 Å². The Bertz CT molecular complexity index is 6990. The fourth-order valence-corrected chi connectivity index (χ4v) is 18.0. The van der Waals surface area contributed by atoms with Gasteiger partial charge in [0.05, 0.1) is 103 Å². The number of hydrogen-bond donors (Lipinski definition) is 6. The number of Topliss-reactive ketones (excluding diaryl/α,β-unsaturated/α-hetero) is 1. The van der Waals surface area contributed by atoms with E-state index >= 15 is 0 Å². The molecule has 13 aromatic rings. The van der Waals surface area contributed by atoms with Gasteiger partial charge in [0.15, 0.2) is 5.78 Å². The molecule has 149 heavy (non-hydrogen) atoms. The van der Waals surface area contributed by atoms with Gasteiger partial charge in [0.25, 0.3) is 29.5 Å². The van der Waals surface area contributed by atoms with Crippen molar-refractivity contribution in [2.24, 2.45) is 0 Å². The summed E-state index contributed by atoms with van der Waals surface area (Å²) in [5, 5.41) is 24.4. The SMILES string of the molecule is COc1cc(C(=O)N2CCCC2)ccc1Nc1ncc(C(F)(F)F)c(CCc2cccc3c2C(=O)NC3)n1.COc1cc(C(=O)N2CCCC2)ccc1Nc1ncc(C(F)(F)F)c(CCc2ccccc2-n2ccnc2)n1.COc1cc(C(=O)N2CCCC2)ccc1Nc1ncc(C(F)(F)F)c(CCc2ccccc2C(C)=O)n1.COc1cc(C(=O)N2CCCC2)ccc1Nc1ncc(C(F)(F)F)c(CCc2ccccc2O)n1. The predicted octanol–water partition coefficient (Wildman–Crippen LogP) is 20.4. The Labute approximate surface area is 848 Å². The summed E-state index contributed by atoms with van der Waals surface area (Å²) >= 11 is 0. The Morgan fingerprint density at radius 3 is 1.01 bits per heavy atom. The summed E-state index contributed by atoms with van der Waals surface area (Å²) in [6, 6.07) is 45.6. The number of fused-ring (bicyclic) bond motifs is 1. The van der Waals surface area contributed by atoms with Gasteiger partial charge < -0.3 is 74.8 Å². The highest BCUT2D eigenvalue weighted by molar-refractivity contribution is 6.01. The molecule has 5 amide bonds. The molecule has 10 heterocycles. The lowest BCUT2D eigenvalue weighted by Crippen LogP contribution is -2.27. The number of para-hydroxylation sites is 2. The van der Waals surface area contributed by atoms with Crippen LogP contribution in [0.5, 0.6) is 28.7 Å². The molecule has 0 unspecified atom stereocenters. The number of likely N-dealkylation sites (tertiary alicyclic amines) is 4. The molecule has 0 spiro atoms. The van der Waals surface area contributed by atoms with E-state index in [9.17, 15) is 86.6 Å². The molecule has 4 fully saturated rings. The van der Waals surface area contributed by atoms with Crippen molar-refractivity contribution in [1.82, 2.24) is 74.3 Å². The van der Waals surface area contributed by atoms with Gasteiger partial charge in [-0.05, 0) is 222 Å². The van der Waals surface area contributed by atoms with E-state index in [0.29, 0.717) is 148 Å². The number of amides is 5. The quantitative estimate of drug-likeness (QED) is 0.0180. The number of carbonyl (C=O) groups excluding carboxylic acids is 6. The minimum Gasteiger partial charge on any atom is -0.508 e. The second kappa shape index (κ2) is 47.9. The number of halogens is 12. The maximum atomic E-state index is 13.8. The van der Waals surface area contributed by atoms with Crippen molar-refractivity contribution < 1.29 is 106 Å². The van der Waals surface area contributed by atoms with Crippen molar-refractivity contribution in [2.45, 2.75) is 141 Å². The number of aryl methyl sites for hydroxylation is 8. The van der Waals surface area contributed by atoms with Crippen molar-refractivity contribution in [3.8, 4) is 34.4 Å². The van der Waals surface area contributed by atoms with Gasteiger partial charge in [-0.3, -0.25) is 28.8 Å². The van der Waals surface area contributed by atoms with Crippen LogP contribution in [0.4, 0.5) is 99.2 Å². The summed E-state index contributed by atoms with van der Waals surface area (Å²) < 4.78 is 188. The summed E-state index contributed by atoms with van der Waals surface area (Å²) in [4.78, 5) is 118. The Kier molecular flexibility index (Phi) is 34.4. The molecule has 18 rings (SSSR count). The number of methoxy groups -OCH3 is 4. The number of rotatable bonds is 30. The van der Waals surface area contributed by atoms with E-state index in [1.54, 1.807) is 166 Å². The van der Waals surface area contributed by atoms with Crippen LogP contribution < -0.4 is 45.5 Å². The average Bonchev–Trinajstić information content (AvgIpc) is 1.78. The molecular formula is C107H105F12N19O11. The van der Waals surface area contributed by atoms with Crippen molar-refractivity contribution >= 4 is 81.9 Å². The lowest BCUT2D eigenvalue weighted by molar-refractivity contribution is -0.139. The van der Waals surface area contributed by atoms with Crippen LogP contribution in [0.1, 0.15) is 193 Å². The first-order valence-electron chi connectivity index (χ1n) is 48.0. The fourth-order valence-electron chi connectivity index (χ4n) is 18.0. The van der Waals surface area contributed by atoms with Gasteiger partial charge in [-0.1, -0.05) is 78.9 Å². The van der Waals surface area contributed by atoms with Crippen molar-refractivity contribution in [1.29, 1.82) is 0 Å². The number of nitrogens with one attached hydrogen (secondary N) is 5. The Morgan fingerprint density at radius 1 is 0.376 bits per heavy atom. The third-order valence-corrected chi connectivity index (χ3v) is 25.6. The van der Waals surface area contributed by atoms with Crippen LogP contribution in [-0.4, -0.2) is 190 Å². The maximum absolute atomic E-state index is 13.8. The van der Waals surface area contributed by atoms with Gasteiger partial charge in [0, 0.05) is 135 Å². The fraction of sp³-hybridized carbons (Fsp3) is 0.318. The van der Waals surface area contributed by atoms with Gasteiger partial charge in [0.2, 0.25) is 23.8 Å². The van der Waals surface area contributed by atoms with Crippen LogP contribution in [0.2, 0.25) is 0 Å². The third-order valence-electron chi connectivity index (χ3n) is 25.6. The van der Waals surface area contributed by atoms with Gasteiger partial charge in [-0.25, -0.2) is 44.9 Å². The van der Waals surface area contributed by atoms with Crippen LogP contribution in [0.15, 0.2) is 207 Å². The summed E-state index contributed by atoms with van der Waals surface area (Å²) in [6.07, 6.45) is -1.83. The molecule has 30 nitrogen and oxygen atoms in total. The lowest BCUT2D eigenvalue weighted by Gasteiger charge is -2.18.